The van der Waals surface area contributed by atoms with Crippen LogP contribution in [-0.4, -0.2) is 27.7 Å². The normalized spacial score (nSPS) is 18.6. The van der Waals surface area contributed by atoms with Crippen molar-refractivity contribution in [2.24, 2.45) is 0 Å². The Morgan fingerprint density at radius 3 is 2.88 bits per heavy atom. The summed E-state index contributed by atoms with van der Waals surface area (Å²) in [6, 6.07) is 0.0662. The molecule has 1 atom stereocenters. The minimum Gasteiger partial charge on any atom is -0.444 e. The van der Waals surface area contributed by atoms with Gasteiger partial charge in [-0.2, -0.15) is 0 Å². The van der Waals surface area contributed by atoms with Gasteiger partial charge in [-0.15, -0.1) is 0 Å². The van der Waals surface area contributed by atoms with Crippen LogP contribution in [0.5, 0.6) is 0 Å². The van der Waals surface area contributed by atoms with Crippen LogP contribution >= 0.6 is 0 Å². The number of alkyl carbamates (subject to hydrolysis) is 1. The minimum absolute atomic E-state index is 0.0662. The zero-order valence-electron chi connectivity index (χ0n) is 10.4. The predicted octanol–water partition coefficient (Wildman–Crippen LogP) is 1.47. The first-order chi connectivity index (χ1) is 7.94. The predicted molar refractivity (Wildman–Crippen MR) is 62.6 cm³/mol. The molecular formula is C12H17N3O2. The molecule has 5 nitrogen and oxygen atoms in total. The van der Waals surface area contributed by atoms with Crippen molar-refractivity contribution in [1.82, 2.24) is 15.3 Å². The van der Waals surface area contributed by atoms with Crippen LogP contribution in [0, 0.1) is 0 Å². The maximum absolute atomic E-state index is 11.6. The molecule has 0 bridgehead atoms. The number of nitrogens with one attached hydrogen (secondary N) is 1. The zero-order valence-corrected chi connectivity index (χ0v) is 10.4. The van der Waals surface area contributed by atoms with Gasteiger partial charge in [-0.25, -0.2) is 14.8 Å². The lowest BCUT2D eigenvalue weighted by Gasteiger charge is -2.21. The van der Waals surface area contributed by atoms with Crippen molar-refractivity contribution < 1.29 is 9.53 Å². The number of ether oxygens (including phenoxy) is 1. The van der Waals surface area contributed by atoms with Crippen LogP contribution in [0.4, 0.5) is 4.79 Å². The lowest BCUT2D eigenvalue weighted by molar-refractivity contribution is 0.0506. The molecule has 0 radical (unpaired) electrons. The van der Waals surface area contributed by atoms with Crippen molar-refractivity contribution in [2.75, 3.05) is 0 Å². The lowest BCUT2D eigenvalue weighted by atomic mass is 10.2. The standard InChI is InChI=1S/C12H17N3O2/c1-12(2,3)17-11(16)15-9-4-8-6-13-7-14-10(8)5-9/h6-7,9H,4-5H2,1-3H3,(H,15,16). The monoisotopic (exact) mass is 235 g/mol. The van der Waals surface area contributed by atoms with Gasteiger partial charge in [0.15, 0.2) is 0 Å². The first-order valence-corrected chi connectivity index (χ1v) is 5.71. The number of fused-ring (bicyclic) bond motifs is 1. The van der Waals surface area contributed by atoms with Gasteiger partial charge in [-0.05, 0) is 32.8 Å². The van der Waals surface area contributed by atoms with E-state index in [-0.39, 0.29) is 12.1 Å². The van der Waals surface area contributed by atoms with E-state index in [1.54, 1.807) is 6.20 Å². The molecule has 0 fully saturated rings. The van der Waals surface area contributed by atoms with E-state index in [0.29, 0.717) is 0 Å². The fraction of sp³-hybridized carbons (Fsp3) is 0.583. The summed E-state index contributed by atoms with van der Waals surface area (Å²) in [7, 11) is 0. The van der Waals surface area contributed by atoms with E-state index in [0.717, 1.165) is 24.1 Å². The quantitative estimate of drug-likeness (QED) is 0.800. The third kappa shape index (κ3) is 3.15. The van der Waals surface area contributed by atoms with Gasteiger partial charge in [0.05, 0.1) is 0 Å². The third-order valence-corrected chi connectivity index (χ3v) is 2.51. The summed E-state index contributed by atoms with van der Waals surface area (Å²) in [6.45, 7) is 5.55. The highest BCUT2D eigenvalue weighted by Gasteiger charge is 2.26. The Labute approximate surface area is 101 Å². The second-order valence-electron chi connectivity index (χ2n) is 5.25. The summed E-state index contributed by atoms with van der Waals surface area (Å²) in [5.41, 5.74) is 1.66. The van der Waals surface area contributed by atoms with Crippen LogP contribution in [0.15, 0.2) is 12.5 Å². The van der Waals surface area contributed by atoms with Crippen molar-refractivity contribution in [1.29, 1.82) is 0 Å². The Morgan fingerprint density at radius 2 is 2.24 bits per heavy atom. The van der Waals surface area contributed by atoms with Crippen molar-refractivity contribution in [3.63, 3.8) is 0 Å². The molecule has 1 aliphatic rings. The van der Waals surface area contributed by atoms with Crippen molar-refractivity contribution >= 4 is 6.09 Å². The number of aromatic nitrogens is 2. The van der Waals surface area contributed by atoms with Crippen LogP contribution in [0.25, 0.3) is 0 Å². The molecule has 0 saturated heterocycles. The van der Waals surface area contributed by atoms with E-state index in [1.807, 2.05) is 20.8 Å². The molecule has 1 amide bonds. The molecular weight excluding hydrogens is 218 g/mol. The Hall–Kier alpha value is -1.65. The Balaban J connectivity index is 1.90. The lowest BCUT2D eigenvalue weighted by Crippen LogP contribution is -2.39. The number of rotatable bonds is 1. The highest BCUT2D eigenvalue weighted by molar-refractivity contribution is 5.68. The SMILES string of the molecule is CC(C)(C)OC(=O)NC1Cc2cncnc2C1. The van der Waals surface area contributed by atoms with Gasteiger partial charge in [0.25, 0.3) is 0 Å². The molecule has 1 heterocycles. The van der Waals surface area contributed by atoms with Gasteiger partial charge in [-0.1, -0.05) is 0 Å². The zero-order chi connectivity index (χ0) is 12.5. The molecule has 2 rings (SSSR count). The van der Waals surface area contributed by atoms with Crippen LogP contribution in [0.3, 0.4) is 0 Å². The maximum atomic E-state index is 11.6. The van der Waals surface area contributed by atoms with Crippen LogP contribution in [-0.2, 0) is 17.6 Å². The summed E-state index contributed by atoms with van der Waals surface area (Å²) < 4.78 is 5.21. The fourth-order valence-electron chi connectivity index (χ4n) is 1.89. The van der Waals surface area contributed by atoms with E-state index >= 15 is 0 Å². The first-order valence-electron chi connectivity index (χ1n) is 5.71. The minimum atomic E-state index is -0.463. The molecule has 5 heteroatoms. The Kier molecular flexibility index (Phi) is 3.00. The van der Waals surface area contributed by atoms with Gasteiger partial charge >= 0.3 is 6.09 Å². The van der Waals surface area contributed by atoms with Crippen LogP contribution < -0.4 is 5.32 Å². The second-order valence-corrected chi connectivity index (χ2v) is 5.25. The summed E-state index contributed by atoms with van der Waals surface area (Å²) in [6.07, 6.45) is 4.49. The number of carbonyl (C=O) groups excluding carboxylic acids is 1. The molecule has 0 aromatic carbocycles. The van der Waals surface area contributed by atoms with Gasteiger partial charge in [0, 0.05) is 24.4 Å². The number of carbonyl (C=O) groups is 1. The average Bonchev–Trinajstić information content (AvgIpc) is 2.55. The first kappa shape index (κ1) is 11.8. The smallest absolute Gasteiger partial charge is 0.407 e. The van der Waals surface area contributed by atoms with Crippen molar-refractivity contribution in [3.05, 3.63) is 23.8 Å². The van der Waals surface area contributed by atoms with Gasteiger partial charge in [0.1, 0.15) is 11.9 Å². The van der Waals surface area contributed by atoms with Gasteiger partial charge in [0.2, 0.25) is 0 Å². The largest absolute Gasteiger partial charge is 0.444 e. The molecule has 1 aliphatic carbocycles. The number of hydrogen-bond acceptors (Lipinski definition) is 4. The number of amides is 1. The molecule has 1 N–H and O–H groups in total. The molecule has 0 spiro atoms. The molecule has 1 unspecified atom stereocenters. The summed E-state index contributed by atoms with van der Waals surface area (Å²) in [5.74, 6) is 0. The van der Waals surface area contributed by atoms with Crippen molar-refractivity contribution in [3.8, 4) is 0 Å². The molecule has 17 heavy (non-hydrogen) atoms. The van der Waals surface area contributed by atoms with E-state index in [2.05, 4.69) is 15.3 Å². The second kappa shape index (κ2) is 4.31. The molecule has 0 saturated carbocycles. The maximum Gasteiger partial charge on any atom is 0.407 e. The molecule has 1 aromatic rings. The third-order valence-electron chi connectivity index (χ3n) is 2.51. The van der Waals surface area contributed by atoms with Crippen LogP contribution in [0.2, 0.25) is 0 Å². The summed E-state index contributed by atoms with van der Waals surface area (Å²) in [4.78, 5) is 19.8. The van der Waals surface area contributed by atoms with E-state index < -0.39 is 5.60 Å². The molecule has 0 aliphatic heterocycles. The summed E-state index contributed by atoms with van der Waals surface area (Å²) in [5, 5.41) is 2.85. The van der Waals surface area contributed by atoms with Gasteiger partial charge in [-0.3, -0.25) is 0 Å². The topological polar surface area (TPSA) is 64.1 Å². The Morgan fingerprint density at radius 1 is 1.47 bits per heavy atom. The van der Waals surface area contributed by atoms with E-state index in [9.17, 15) is 4.79 Å². The molecule has 92 valence electrons. The average molecular weight is 235 g/mol. The fourth-order valence-corrected chi connectivity index (χ4v) is 1.89. The van der Waals surface area contributed by atoms with Gasteiger partial charge < -0.3 is 10.1 Å². The van der Waals surface area contributed by atoms with E-state index in [1.165, 1.54) is 6.33 Å². The summed E-state index contributed by atoms with van der Waals surface area (Å²) >= 11 is 0. The molecule has 1 aromatic heterocycles. The highest BCUT2D eigenvalue weighted by atomic mass is 16.6. The number of hydrogen-bond donors (Lipinski definition) is 1. The van der Waals surface area contributed by atoms with Crippen molar-refractivity contribution in [2.45, 2.75) is 45.3 Å². The Bertz CT molecular complexity index is 401. The number of nitrogens with zero attached hydrogens (tertiary/aromatic N) is 2. The van der Waals surface area contributed by atoms with E-state index in [4.69, 9.17) is 4.74 Å². The highest BCUT2D eigenvalue weighted by Crippen LogP contribution is 2.19. The van der Waals surface area contributed by atoms with Crippen LogP contribution in [0.1, 0.15) is 32.0 Å².